The van der Waals surface area contributed by atoms with Crippen molar-refractivity contribution >= 4 is 35.0 Å². The predicted molar refractivity (Wildman–Crippen MR) is 164 cm³/mol. The van der Waals surface area contributed by atoms with Crippen molar-refractivity contribution in [1.29, 1.82) is 0 Å². The number of aryl methyl sites for hydroxylation is 2. The number of aliphatic hydroxyl groups is 1. The molecule has 1 aromatic heterocycles. The Balaban J connectivity index is 1.54. The number of amides is 5. The molecule has 0 saturated heterocycles. The highest BCUT2D eigenvalue weighted by Gasteiger charge is 2.33. The van der Waals surface area contributed by atoms with Crippen molar-refractivity contribution in [3.8, 4) is 5.75 Å². The number of carbonyl (C=O) groups is 3. The number of fused-ring (bicyclic) bond motifs is 1. The predicted octanol–water partition coefficient (Wildman–Crippen LogP) is 5.27. The number of carbonyl (C=O) groups excluding carboxylic acids is 3. The van der Waals surface area contributed by atoms with E-state index in [9.17, 15) is 32.7 Å². The number of halogens is 3. The maximum Gasteiger partial charge on any atom is 0.416 e. The Morgan fingerprint density at radius 1 is 1.11 bits per heavy atom. The van der Waals surface area contributed by atoms with E-state index in [1.807, 2.05) is 6.92 Å². The van der Waals surface area contributed by atoms with E-state index < -0.39 is 35.9 Å². The Morgan fingerprint density at radius 3 is 2.39 bits per heavy atom. The number of urea groups is 2. The van der Waals surface area contributed by atoms with E-state index in [4.69, 9.17) is 9.26 Å². The zero-order chi connectivity index (χ0) is 33.8. The summed E-state index contributed by atoms with van der Waals surface area (Å²) in [6.07, 6.45) is -5.21. The maximum atomic E-state index is 13.5. The number of likely N-dealkylation sites (N-methyl/N-ethyl adjacent to an activating group) is 1. The van der Waals surface area contributed by atoms with Crippen LogP contribution in [0.15, 0.2) is 47.0 Å². The number of nitrogens with one attached hydrogen (secondary N) is 3. The van der Waals surface area contributed by atoms with Gasteiger partial charge in [-0.1, -0.05) is 12.1 Å². The van der Waals surface area contributed by atoms with Crippen LogP contribution in [0.2, 0.25) is 0 Å². The number of aliphatic hydroxyl groups excluding tert-OH is 1. The van der Waals surface area contributed by atoms with E-state index in [1.54, 1.807) is 43.9 Å². The second-order valence-electron chi connectivity index (χ2n) is 11.4. The summed E-state index contributed by atoms with van der Waals surface area (Å²) in [5.41, 5.74) is 1.17. The van der Waals surface area contributed by atoms with Crippen LogP contribution in [0.5, 0.6) is 5.75 Å². The molecule has 0 unspecified atom stereocenters. The third kappa shape index (κ3) is 8.27. The quantitative estimate of drug-likeness (QED) is 0.273. The number of nitrogens with zero attached hydrogens (tertiary/aromatic N) is 3. The average molecular weight is 647 g/mol. The van der Waals surface area contributed by atoms with E-state index in [2.05, 4.69) is 21.1 Å². The van der Waals surface area contributed by atoms with Crippen LogP contribution >= 0.6 is 0 Å². The van der Waals surface area contributed by atoms with Gasteiger partial charge >= 0.3 is 18.2 Å². The zero-order valence-corrected chi connectivity index (χ0v) is 26.1. The SMILES string of the molecule is Cc1noc(C)c1NC(=O)Nc1ccc2c(c1)CC(=O)N([C@H](C)CO)C[C@H](C)[C@@H](CN(C)C(=O)Nc1ccc(C(F)(F)F)cc1)O2. The minimum Gasteiger partial charge on any atom is -0.488 e. The average Bonchev–Trinajstić information content (AvgIpc) is 3.33. The molecule has 0 bridgehead atoms. The summed E-state index contributed by atoms with van der Waals surface area (Å²) in [6, 6.07) is 7.35. The van der Waals surface area contributed by atoms with Gasteiger partial charge in [-0.25, -0.2) is 9.59 Å². The fourth-order valence-electron chi connectivity index (χ4n) is 4.98. The van der Waals surface area contributed by atoms with Crippen molar-refractivity contribution in [2.45, 2.75) is 52.4 Å². The van der Waals surface area contributed by atoms with Crippen LogP contribution < -0.4 is 20.7 Å². The minimum atomic E-state index is -4.50. The van der Waals surface area contributed by atoms with Gasteiger partial charge in [-0.05, 0) is 63.2 Å². The summed E-state index contributed by atoms with van der Waals surface area (Å²) >= 11 is 0. The topological polar surface area (TPSA) is 149 Å². The lowest BCUT2D eigenvalue weighted by atomic mass is 10.0. The van der Waals surface area contributed by atoms with E-state index in [0.29, 0.717) is 34.1 Å². The fraction of sp³-hybridized carbons (Fsp3) is 0.419. The number of aromatic nitrogens is 1. The van der Waals surface area contributed by atoms with Gasteiger partial charge in [0.2, 0.25) is 5.91 Å². The van der Waals surface area contributed by atoms with Crippen LogP contribution in [-0.2, 0) is 17.4 Å². The lowest BCUT2D eigenvalue weighted by Gasteiger charge is -2.34. The molecule has 4 rings (SSSR count). The van der Waals surface area contributed by atoms with Crippen LogP contribution in [0.3, 0.4) is 0 Å². The van der Waals surface area contributed by atoms with Gasteiger partial charge in [-0.15, -0.1) is 0 Å². The zero-order valence-electron chi connectivity index (χ0n) is 26.1. The fourth-order valence-corrected chi connectivity index (χ4v) is 4.98. The first-order chi connectivity index (χ1) is 21.7. The third-order valence-corrected chi connectivity index (χ3v) is 7.71. The van der Waals surface area contributed by atoms with Gasteiger partial charge < -0.3 is 40.1 Å². The van der Waals surface area contributed by atoms with Crippen molar-refractivity contribution < 1.29 is 41.9 Å². The van der Waals surface area contributed by atoms with E-state index in [0.717, 1.165) is 12.1 Å². The molecule has 0 spiro atoms. The number of hydrogen-bond acceptors (Lipinski definition) is 7. The van der Waals surface area contributed by atoms with Crippen LogP contribution in [0.25, 0.3) is 0 Å². The van der Waals surface area contributed by atoms with E-state index in [1.165, 1.54) is 24.1 Å². The second-order valence-corrected chi connectivity index (χ2v) is 11.4. The summed E-state index contributed by atoms with van der Waals surface area (Å²) in [5.74, 6) is 0.239. The molecule has 5 amide bonds. The largest absolute Gasteiger partial charge is 0.488 e. The molecule has 1 aliphatic heterocycles. The smallest absolute Gasteiger partial charge is 0.416 e. The number of rotatable bonds is 7. The van der Waals surface area contributed by atoms with Crippen molar-refractivity contribution in [3.63, 3.8) is 0 Å². The van der Waals surface area contributed by atoms with Crippen LogP contribution in [0, 0.1) is 19.8 Å². The van der Waals surface area contributed by atoms with Gasteiger partial charge in [-0.3, -0.25) is 4.79 Å². The molecule has 0 saturated carbocycles. The third-order valence-electron chi connectivity index (χ3n) is 7.71. The highest BCUT2D eigenvalue weighted by Crippen LogP contribution is 2.31. The molecule has 4 N–H and O–H groups in total. The maximum absolute atomic E-state index is 13.5. The Labute approximate surface area is 263 Å². The van der Waals surface area contributed by atoms with Crippen molar-refractivity contribution in [2.75, 3.05) is 42.7 Å². The number of anilines is 3. The molecule has 3 aromatic rings. The number of ether oxygens (including phenoxy) is 1. The van der Waals surface area contributed by atoms with Crippen molar-refractivity contribution in [2.24, 2.45) is 5.92 Å². The van der Waals surface area contributed by atoms with Crippen LogP contribution in [0.4, 0.5) is 39.8 Å². The van der Waals surface area contributed by atoms with Crippen molar-refractivity contribution in [3.05, 3.63) is 65.0 Å². The monoisotopic (exact) mass is 646 g/mol. The molecular weight excluding hydrogens is 609 g/mol. The molecular formula is C31H37F3N6O6. The molecule has 12 nitrogen and oxygen atoms in total. The Hall–Kier alpha value is -4.79. The summed E-state index contributed by atoms with van der Waals surface area (Å²) in [4.78, 5) is 42.1. The molecule has 0 fully saturated rings. The van der Waals surface area contributed by atoms with Gasteiger partial charge in [0.15, 0.2) is 5.76 Å². The van der Waals surface area contributed by atoms with Crippen LogP contribution in [-0.4, -0.2) is 76.9 Å². The molecule has 2 heterocycles. The van der Waals surface area contributed by atoms with Crippen LogP contribution in [0.1, 0.15) is 36.4 Å². The molecule has 3 atom stereocenters. The van der Waals surface area contributed by atoms with Gasteiger partial charge in [0.1, 0.15) is 23.2 Å². The van der Waals surface area contributed by atoms with Gasteiger partial charge in [0, 0.05) is 36.4 Å². The lowest BCUT2D eigenvalue weighted by Crippen LogP contribution is -2.48. The van der Waals surface area contributed by atoms with E-state index >= 15 is 0 Å². The molecule has 248 valence electrons. The summed E-state index contributed by atoms with van der Waals surface area (Å²) < 4.78 is 50.3. The summed E-state index contributed by atoms with van der Waals surface area (Å²) in [7, 11) is 1.52. The second kappa shape index (κ2) is 14.1. The number of benzene rings is 2. The first-order valence-corrected chi connectivity index (χ1v) is 14.6. The van der Waals surface area contributed by atoms with E-state index in [-0.39, 0.29) is 43.6 Å². The summed E-state index contributed by atoms with van der Waals surface area (Å²) in [5, 5.41) is 21.7. The molecule has 2 aromatic carbocycles. The Kier molecular flexibility index (Phi) is 10.5. The molecule has 1 aliphatic rings. The first-order valence-electron chi connectivity index (χ1n) is 14.6. The molecule has 0 aliphatic carbocycles. The van der Waals surface area contributed by atoms with Gasteiger partial charge in [0.25, 0.3) is 0 Å². The minimum absolute atomic E-state index is 0.0580. The Bertz CT molecular complexity index is 1540. The molecule has 15 heteroatoms. The first kappa shape index (κ1) is 34.1. The molecule has 0 radical (unpaired) electrons. The highest BCUT2D eigenvalue weighted by molar-refractivity contribution is 6.00. The Morgan fingerprint density at radius 2 is 1.78 bits per heavy atom. The number of alkyl halides is 3. The summed E-state index contributed by atoms with van der Waals surface area (Å²) in [6.45, 7) is 6.95. The number of hydrogen-bond donors (Lipinski definition) is 4. The van der Waals surface area contributed by atoms with Gasteiger partial charge in [0.05, 0.1) is 31.2 Å². The molecule has 46 heavy (non-hydrogen) atoms. The van der Waals surface area contributed by atoms with Crippen molar-refractivity contribution in [1.82, 2.24) is 15.0 Å². The standard InChI is InChI=1S/C31H37F3N6O6/c1-17-14-40(18(2)16-41)27(42)13-21-12-24(35-29(43)37-28-19(3)38-46-20(28)4)10-11-25(21)45-26(17)15-39(5)30(44)36-23-8-6-22(7-9-23)31(32,33)34/h6-12,17-18,26,41H,13-16H2,1-5H3,(H,36,44)(H2,35,37,43)/t17-,18+,26+/m0/s1. The highest BCUT2D eigenvalue weighted by atomic mass is 19.4. The normalized spacial score (nSPS) is 17.5. The lowest BCUT2D eigenvalue weighted by molar-refractivity contribution is -0.137. The van der Waals surface area contributed by atoms with Gasteiger partial charge in [-0.2, -0.15) is 13.2 Å².